The number of anilines is 1. The lowest BCUT2D eigenvalue weighted by atomic mass is 9.95. The first-order chi connectivity index (χ1) is 16.4. The highest BCUT2D eigenvalue weighted by molar-refractivity contribution is 5.95. The Morgan fingerprint density at radius 3 is 2.59 bits per heavy atom. The standard InChI is InChI=1S/C25H27FN4O4/c1-3-33-25(32)19-6-9-21(16(2)14-19)27-24(31)18-10-12-30(13-11-18)15-22-28-23(29-34-22)17-4-7-20(26)8-5-17/h4-9,14,18H,3,10-13,15H2,1-2H3,(H,27,31). The number of benzene rings is 2. The Morgan fingerprint density at radius 2 is 1.91 bits per heavy atom. The largest absolute Gasteiger partial charge is 0.462 e. The summed E-state index contributed by atoms with van der Waals surface area (Å²) < 4.78 is 23.5. The van der Waals surface area contributed by atoms with Gasteiger partial charge in [-0.2, -0.15) is 4.98 Å². The number of hydrogen-bond acceptors (Lipinski definition) is 7. The third-order valence-electron chi connectivity index (χ3n) is 5.88. The maximum atomic E-state index is 13.1. The van der Waals surface area contributed by atoms with E-state index in [0.29, 0.717) is 54.5 Å². The van der Waals surface area contributed by atoms with Crippen molar-refractivity contribution in [3.63, 3.8) is 0 Å². The molecule has 3 aromatic rings. The molecular formula is C25H27FN4O4. The Hall–Kier alpha value is -3.59. The fourth-order valence-electron chi connectivity index (χ4n) is 3.96. The first-order valence-corrected chi connectivity index (χ1v) is 11.3. The van der Waals surface area contributed by atoms with Crippen molar-refractivity contribution in [3.8, 4) is 11.4 Å². The highest BCUT2D eigenvalue weighted by Crippen LogP contribution is 2.24. The second kappa shape index (κ2) is 10.6. The fourth-order valence-corrected chi connectivity index (χ4v) is 3.96. The summed E-state index contributed by atoms with van der Waals surface area (Å²) in [7, 11) is 0. The lowest BCUT2D eigenvalue weighted by molar-refractivity contribution is -0.121. The fraction of sp³-hybridized carbons (Fsp3) is 0.360. The van der Waals surface area contributed by atoms with Gasteiger partial charge in [0.1, 0.15) is 5.82 Å². The van der Waals surface area contributed by atoms with E-state index in [9.17, 15) is 14.0 Å². The molecule has 2 heterocycles. The van der Waals surface area contributed by atoms with Crippen molar-refractivity contribution < 1.29 is 23.2 Å². The molecule has 1 amide bonds. The summed E-state index contributed by atoms with van der Waals surface area (Å²) in [4.78, 5) is 31.3. The summed E-state index contributed by atoms with van der Waals surface area (Å²) in [5.74, 6) is 0.0964. The van der Waals surface area contributed by atoms with Crippen molar-refractivity contribution in [2.45, 2.75) is 33.2 Å². The number of esters is 1. The molecule has 178 valence electrons. The lowest BCUT2D eigenvalue weighted by Crippen LogP contribution is -2.37. The Labute approximate surface area is 197 Å². The van der Waals surface area contributed by atoms with Crippen LogP contribution in [0.2, 0.25) is 0 Å². The summed E-state index contributed by atoms with van der Waals surface area (Å²) in [6.45, 7) is 5.89. The third kappa shape index (κ3) is 5.66. The SMILES string of the molecule is CCOC(=O)c1ccc(NC(=O)C2CCN(Cc3nc(-c4ccc(F)cc4)no3)CC2)c(C)c1. The summed E-state index contributed by atoms with van der Waals surface area (Å²) in [5.41, 5.74) is 2.66. The summed E-state index contributed by atoms with van der Waals surface area (Å²) >= 11 is 0. The summed E-state index contributed by atoms with van der Waals surface area (Å²) in [5, 5.41) is 6.97. The van der Waals surface area contributed by atoms with Gasteiger partial charge in [0.2, 0.25) is 17.6 Å². The van der Waals surface area contributed by atoms with E-state index in [1.165, 1.54) is 12.1 Å². The van der Waals surface area contributed by atoms with E-state index >= 15 is 0 Å². The van der Waals surface area contributed by atoms with Gasteiger partial charge in [-0.15, -0.1) is 0 Å². The Morgan fingerprint density at radius 1 is 1.18 bits per heavy atom. The van der Waals surface area contributed by atoms with E-state index in [4.69, 9.17) is 9.26 Å². The number of ether oxygens (including phenoxy) is 1. The number of likely N-dealkylation sites (tertiary alicyclic amines) is 1. The maximum Gasteiger partial charge on any atom is 0.338 e. The molecule has 0 saturated carbocycles. The quantitative estimate of drug-likeness (QED) is 0.521. The third-order valence-corrected chi connectivity index (χ3v) is 5.88. The molecule has 1 aliphatic rings. The average molecular weight is 467 g/mol. The molecule has 4 rings (SSSR count). The first kappa shape index (κ1) is 23.6. The summed E-state index contributed by atoms with van der Waals surface area (Å²) in [6, 6.07) is 11.1. The predicted octanol–water partition coefficient (Wildman–Crippen LogP) is 4.21. The van der Waals surface area contributed by atoms with Crippen LogP contribution in [0.25, 0.3) is 11.4 Å². The van der Waals surface area contributed by atoms with Gasteiger partial charge in [-0.25, -0.2) is 9.18 Å². The molecule has 0 atom stereocenters. The first-order valence-electron chi connectivity index (χ1n) is 11.3. The van der Waals surface area contributed by atoms with Crippen molar-refractivity contribution in [3.05, 3.63) is 65.3 Å². The zero-order chi connectivity index (χ0) is 24.1. The number of piperidine rings is 1. The highest BCUT2D eigenvalue weighted by atomic mass is 19.1. The van der Waals surface area contributed by atoms with Gasteiger partial charge in [0.25, 0.3) is 0 Å². The smallest absolute Gasteiger partial charge is 0.338 e. The van der Waals surface area contributed by atoms with Gasteiger partial charge in [0, 0.05) is 17.2 Å². The molecule has 34 heavy (non-hydrogen) atoms. The number of amides is 1. The predicted molar refractivity (Wildman–Crippen MR) is 123 cm³/mol. The average Bonchev–Trinajstić information content (AvgIpc) is 3.30. The number of hydrogen-bond donors (Lipinski definition) is 1. The van der Waals surface area contributed by atoms with Crippen LogP contribution >= 0.6 is 0 Å². The second-order valence-corrected chi connectivity index (χ2v) is 8.31. The molecule has 0 aliphatic carbocycles. The molecule has 1 aliphatic heterocycles. The van der Waals surface area contributed by atoms with Crippen LogP contribution in [0, 0.1) is 18.7 Å². The van der Waals surface area contributed by atoms with E-state index in [1.807, 2.05) is 6.92 Å². The van der Waals surface area contributed by atoms with Crippen molar-refractivity contribution in [1.29, 1.82) is 0 Å². The van der Waals surface area contributed by atoms with Crippen LogP contribution in [0.3, 0.4) is 0 Å². The number of aromatic nitrogens is 2. The minimum atomic E-state index is -0.373. The van der Waals surface area contributed by atoms with E-state index < -0.39 is 0 Å². The van der Waals surface area contributed by atoms with Gasteiger partial charge in [0.05, 0.1) is 18.7 Å². The Balaban J connectivity index is 1.28. The maximum absolute atomic E-state index is 13.1. The van der Waals surface area contributed by atoms with Crippen LogP contribution in [0.15, 0.2) is 47.0 Å². The van der Waals surface area contributed by atoms with Crippen molar-refractivity contribution >= 4 is 17.6 Å². The van der Waals surface area contributed by atoms with Gasteiger partial charge < -0.3 is 14.6 Å². The number of carbonyl (C=O) groups is 2. The van der Waals surface area contributed by atoms with E-state index in [1.54, 1.807) is 37.3 Å². The van der Waals surface area contributed by atoms with Gasteiger partial charge in [-0.1, -0.05) is 5.16 Å². The molecule has 1 N–H and O–H groups in total. The van der Waals surface area contributed by atoms with Crippen LogP contribution in [-0.2, 0) is 16.1 Å². The Bertz CT molecular complexity index is 1150. The number of nitrogens with zero attached hydrogens (tertiary/aromatic N) is 3. The number of carbonyl (C=O) groups excluding carboxylic acids is 2. The molecule has 8 nitrogen and oxygen atoms in total. The lowest BCUT2D eigenvalue weighted by Gasteiger charge is -2.30. The normalized spacial score (nSPS) is 14.7. The number of rotatable bonds is 7. The summed E-state index contributed by atoms with van der Waals surface area (Å²) in [6.07, 6.45) is 1.43. The molecule has 2 aromatic carbocycles. The monoisotopic (exact) mass is 466 g/mol. The van der Waals surface area contributed by atoms with Crippen LogP contribution in [0.4, 0.5) is 10.1 Å². The van der Waals surface area contributed by atoms with Crippen LogP contribution in [0.1, 0.15) is 41.6 Å². The molecule has 0 unspecified atom stereocenters. The zero-order valence-electron chi connectivity index (χ0n) is 19.2. The van der Waals surface area contributed by atoms with Crippen molar-refractivity contribution in [2.75, 3.05) is 25.0 Å². The minimum Gasteiger partial charge on any atom is -0.462 e. The van der Waals surface area contributed by atoms with Gasteiger partial charge >= 0.3 is 5.97 Å². The van der Waals surface area contributed by atoms with Gasteiger partial charge in [-0.05, 0) is 87.8 Å². The van der Waals surface area contributed by atoms with E-state index in [0.717, 1.165) is 18.7 Å². The van der Waals surface area contributed by atoms with Gasteiger partial charge in [-0.3, -0.25) is 9.69 Å². The molecule has 0 bridgehead atoms. The highest BCUT2D eigenvalue weighted by Gasteiger charge is 2.26. The molecule has 1 aromatic heterocycles. The molecule has 9 heteroatoms. The van der Waals surface area contributed by atoms with Crippen molar-refractivity contribution in [1.82, 2.24) is 15.0 Å². The molecule has 0 radical (unpaired) electrons. The van der Waals surface area contributed by atoms with Gasteiger partial charge in [0.15, 0.2) is 0 Å². The van der Waals surface area contributed by atoms with Crippen molar-refractivity contribution in [2.24, 2.45) is 5.92 Å². The minimum absolute atomic E-state index is 0.0250. The van der Waals surface area contributed by atoms with Crippen LogP contribution in [0.5, 0.6) is 0 Å². The number of nitrogens with one attached hydrogen (secondary N) is 1. The second-order valence-electron chi connectivity index (χ2n) is 8.31. The number of aryl methyl sites for hydroxylation is 1. The Kier molecular flexibility index (Phi) is 7.32. The van der Waals surface area contributed by atoms with E-state index in [2.05, 4.69) is 20.4 Å². The molecule has 1 saturated heterocycles. The van der Waals surface area contributed by atoms with Crippen LogP contribution in [-0.4, -0.2) is 46.6 Å². The van der Waals surface area contributed by atoms with Crippen LogP contribution < -0.4 is 5.32 Å². The van der Waals surface area contributed by atoms with E-state index in [-0.39, 0.29) is 23.6 Å². The molecule has 1 fully saturated rings. The number of halogens is 1. The molecule has 0 spiro atoms. The molecular weight excluding hydrogens is 439 g/mol. The topological polar surface area (TPSA) is 97.6 Å². The zero-order valence-corrected chi connectivity index (χ0v) is 19.2.